The van der Waals surface area contributed by atoms with Crippen molar-refractivity contribution in [2.24, 2.45) is 7.05 Å². The molecule has 1 aromatic heterocycles. The fourth-order valence-electron chi connectivity index (χ4n) is 2.32. The summed E-state index contributed by atoms with van der Waals surface area (Å²) in [6.45, 7) is 0.329. The van der Waals surface area contributed by atoms with Crippen molar-refractivity contribution in [2.75, 3.05) is 5.32 Å². The Labute approximate surface area is 125 Å². The molecule has 1 heterocycles. The number of hydrogen-bond donors (Lipinski definition) is 1. The average Bonchev–Trinajstić information content (AvgIpc) is 2.84. The lowest BCUT2D eigenvalue weighted by Crippen LogP contribution is -2.06. The highest BCUT2D eigenvalue weighted by molar-refractivity contribution is 5.81. The van der Waals surface area contributed by atoms with Crippen molar-refractivity contribution in [2.45, 2.75) is 12.7 Å². The van der Waals surface area contributed by atoms with E-state index in [4.69, 9.17) is 0 Å². The molecule has 0 unspecified atom stereocenters. The number of aromatic nitrogens is 2. The zero-order valence-corrected chi connectivity index (χ0v) is 11.9. The molecule has 0 radical (unpaired) electrons. The molecule has 0 saturated carbocycles. The van der Waals surface area contributed by atoms with Gasteiger partial charge in [0, 0.05) is 30.9 Å². The van der Waals surface area contributed by atoms with E-state index in [1.165, 1.54) is 6.07 Å². The molecule has 6 heteroatoms. The molecular weight excluding hydrogens is 291 g/mol. The average molecular weight is 305 g/mol. The van der Waals surface area contributed by atoms with Crippen LogP contribution in [0.4, 0.5) is 18.9 Å². The van der Waals surface area contributed by atoms with Crippen LogP contribution in [0.25, 0.3) is 10.9 Å². The third kappa shape index (κ3) is 3.05. The summed E-state index contributed by atoms with van der Waals surface area (Å²) in [4.78, 5) is 0. The monoisotopic (exact) mass is 305 g/mol. The minimum atomic E-state index is -4.31. The lowest BCUT2D eigenvalue weighted by Gasteiger charge is -2.10. The predicted molar refractivity (Wildman–Crippen MR) is 79.5 cm³/mol. The number of alkyl halides is 3. The highest BCUT2D eigenvalue weighted by atomic mass is 19.4. The van der Waals surface area contributed by atoms with E-state index >= 15 is 0 Å². The fourth-order valence-corrected chi connectivity index (χ4v) is 2.32. The maximum Gasteiger partial charge on any atom is 0.416 e. The second-order valence-corrected chi connectivity index (χ2v) is 5.13. The fraction of sp³-hybridized carbons (Fsp3) is 0.188. The van der Waals surface area contributed by atoms with E-state index in [1.807, 2.05) is 31.4 Å². The number of halogens is 3. The van der Waals surface area contributed by atoms with Crippen LogP contribution in [0.1, 0.15) is 11.1 Å². The predicted octanol–water partition coefficient (Wildman–Crippen LogP) is 4.20. The third-order valence-electron chi connectivity index (χ3n) is 3.37. The molecule has 0 fully saturated rings. The Morgan fingerprint density at radius 3 is 2.73 bits per heavy atom. The quantitative estimate of drug-likeness (QED) is 0.786. The summed E-state index contributed by atoms with van der Waals surface area (Å²) >= 11 is 0. The number of nitrogens with zero attached hydrogens (tertiary/aromatic N) is 2. The van der Waals surface area contributed by atoms with Crippen molar-refractivity contribution < 1.29 is 13.2 Å². The molecule has 0 aliphatic rings. The van der Waals surface area contributed by atoms with Crippen LogP contribution >= 0.6 is 0 Å². The van der Waals surface area contributed by atoms with Crippen molar-refractivity contribution in [1.29, 1.82) is 0 Å². The molecule has 1 N–H and O–H groups in total. The largest absolute Gasteiger partial charge is 0.416 e. The van der Waals surface area contributed by atoms with Gasteiger partial charge in [-0.2, -0.15) is 18.3 Å². The van der Waals surface area contributed by atoms with Gasteiger partial charge in [0.15, 0.2) is 0 Å². The number of aryl methyl sites for hydroxylation is 1. The van der Waals surface area contributed by atoms with Gasteiger partial charge >= 0.3 is 6.18 Å². The van der Waals surface area contributed by atoms with Crippen LogP contribution in [0.2, 0.25) is 0 Å². The molecule has 3 rings (SSSR count). The smallest absolute Gasteiger partial charge is 0.381 e. The van der Waals surface area contributed by atoms with Gasteiger partial charge in [-0.3, -0.25) is 4.68 Å². The van der Waals surface area contributed by atoms with Crippen LogP contribution in [0.5, 0.6) is 0 Å². The molecule has 0 bridgehead atoms. The summed E-state index contributed by atoms with van der Waals surface area (Å²) < 4.78 is 39.8. The topological polar surface area (TPSA) is 29.9 Å². The zero-order chi connectivity index (χ0) is 15.7. The molecule has 0 amide bonds. The van der Waals surface area contributed by atoms with E-state index in [0.717, 1.165) is 28.7 Å². The standard InChI is InChI=1S/C16H14F3N3/c1-22-10-12-8-14(5-6-15(12)21-22)20-9-11-3-2-4-13(7-11)16(17,18)19/h2-8,10,20H,9H2,1H3. The summed E-state index contributed by atoms with van der Waals surface area (Å²) in [5.41, 5.74) is 1.68. The van der Waals surface area contributed by atoms with Crippen molar-refractivity contribution in [3.8, 4) is 0 Å². The van der Waals surface area contributed by atoms with Crippen molar-refractivity contribution in [3.05, 3.63) is 59.8 Å². The van der Waals surface area contributed by atoms with E-state index in [2.05, 4.69) is 10.4 Å². The van der Waals surface area contributed by atoms with Gasteiger partial charge in [0.2, 0.25) is 0 Å². The molecule has 0 aliphatic heterocycles. The molecule has 3 nitrogen and oxygen atoms in total. The van der Waals surface area contributed by atoms with E-state index in [9.17, 15) is 13.2 Å². The molecule has 0 saturated heterocycles. The van der Waals surface area contributed by atoms with Gasteiger partial charge in [0.25, 0.3) is 0 Å². The molecule has 22 heavy (non-hydrogen) atoms. The molecule has 0 atom stereocenters. The van der Waals surface area contributed by atoms with E-state index in [-0.39, 0.29) is 0 Å². The molecular formula is C16H14F3N3. The first-order chi connectivity index (χ1) is 10.4. The van der Waals surface area contributed by atoms with Crippen LogP contribution in [0.3, 0.4) is 0 Å². The highest BCUT2D eigenvalue weighted by Crippen LogP contribution is 2.29. The number of hydrogen-bond acceptors (Lipinski definition) is 2. The zero-order valence-electron chi connectivity index (χ0n) is 11.9. The summed E-state index contributed by atoms with van der Waals surface area (Å²) in [6.07, 6.45) is -2.42. The number of nitrogens with one attached hydrogen (secondary N) is 1. The van der Waals surface area contributed by atoms with Gasteiger partial charge in [0.05, 0.1) is 11.1 Å². The normalized spacial score (nSPS) is 11.8. The summed E-state index contributed by atoms with van der Waals surface area (Å²) in [5, 5.41) is 8.39. The number of rotatable bonds is 3. The van der Waals surface area contributed by atoms with Crippen LogP contribution in [0.15, 0.2) is 48.7 Å². The third-order valence-corrected chi connectivity index (χ3v) is 3.37. The van der Waals surface area contributed by atoms with Crippen LogP contribution in [0, 0.1) is 0 Å². The summed E-state index contributed by atoms with van der Waals surface area (Å²) in [7, 11) is 1.84. The van der Waals surface area contributed by atoms with E-state index < -0.39 is 11.7 Å². The number of fused-ring (bicyclic) bond motifs is 1. The Balaban J connectivity index is 1.76. The lowest BCUT2D eigenvalue weighted by atomic mass is 10.1. The maximum atomic E-state index is 12.7. The number of benzene rings is 2. The van der Waals surface area contributed by atoms with Crippen molar-refractivity contribution in [3.63, 3.8) is 0 Å². The molecule has 2 aromatic carbocycles. The van der Waals surface area contributed by atoms with Crippen LogP contribution in [-0.2, 0) is 19.8 Å². The Kier molecular flexibility index (Phi) is 3.52. The molecule has 3 aromatic rings. The summed E-state index contributed by atoms with van der Waals surface area (Å²) in [5.74, 6) is 0. The van der Waals surface area contributed by atoms with Crippen LogP contribution in [-0.4, -0.2) is 9.78 Å². The Hall–Kier alpha value is -2.50. The summed E-state index contributed by atoms with van der Waals surface area (Å²) in [6, 6.07) is 11.0. The first kappa shape index (κ1) is 14.4. The van der Waals surface area contributed by atoms with Gasteiger partial charge in [-0.1, -0.05) is 12.1 Å². The highest BCUT2D eigenvalue weighted by Gasteiger charge is 2.30. The second kappa shape index (κ2) is 5.36. The number of anilines is 1. The van der Waals surface area contributed by atoms with Gasteiger partial charge in [0.1, 0.15) is 0 Å². The van der Waals surface area contributed by atoms with Crippen LogP contribution < -0.4 is 5.32 Å². The minimum absolute atomic E-state index is 0.329. The lowest BCUT2D eigenvalue weighted by molar-refractivity contribution is -0.137. The Bertz CT molecular complexity index is 806. The molecule has 0 spiro atoms. The van der Waals surface area contributed by atoms with Gasteiger partial charge in [-0.15, -0.1) is 0 Å². The Morgan fingerprint density at radius 2 is 1.95 bits per heavy atom. The minimum Gasteiger partial charge on any atom is -0.381 e. The maximum absolute atomic E-state index is 12.7. The molecule has 114 valence electrons. The molecule has 0 aliphatic carbocycles. The first-order valence-electron chi connectivity index (χ1n) is 6.75. The SMILES string of the molecule is Cn1cc2cc(NCc3cccc(C(F)(F)F)c3)ccc2n1. The van der Waals surface area contributed by atoms with Gasteiger partial charge in [-0.25, -0.2) is 0 Å². The van der Waals surface area contributed by atoms with Gasteiger partial charge in [-0.05, 0) is 35.9 Å². The van der Waals surface area contributed by atoms with Crippen molar-refractivity contribution in [1.82, 2.24) is 9.78 Å². The van der Waals surface area contributed by atoms with E-state index in [0.29, 0.717) is 12.1 Å². The van der Waals surface area contributed by atoms with E-state index in [1.54, 1.807) is 10.7 Å². The first-order valence-corrected chi connectivity index (χ1v) is 6.75. The van der Waals surface area contributed by atoms with Crippen molar-refractivity contribution >= 4 is 16.6 Å². The second-order valence-electron chi connectivity index (χ2n) is 5.13. The Morgan fingerprint density at radius 1 is 1.14 bits per heavy atom. The van der Waals surface area contributed by atoms with Gasteiger partial charge < -0.3 is 5.32 Å².